The van der Waals surface area contributed by atoms with Crippen molar-refractivity contribution < 1.29 is 14.3 Å². The third-order valence-corrected chi connectivity index (χ3v) is 5.02. The summed E-state index contributed by atoms with van der Waals surface area (Å²) < 4.78 is 13.1. The lowest BCUT2D eigenvalue weighted by Crippen LogP contribution is -2.34. The maximum atomic E-state index is 12.9. The van der Waals surface area contributed by atoms with Gasteiger partial charge in [-0.05, 0) is 70.2 Å². The minimum Gasteiger partial charge on any atom is -0.494 e. The highest BCUT2D eigenvalue weighted by molar-refractivity contribution is 5.81. The molecule has 0 unspecified atom stereocenters. The Morgan fingerprint density at radius 1 is 1.03 bits per heavy atom. The highest BCUT2D eigenvalue weighted by Crippen LogP contribution is 2.31. The Labute approximate surface area is 174 Å². The van der Waals surface area contributed by atoms with Gasteiger partial charge in [0, 0.05) is 24.8 Å². The first kappa shape index (κ1) is 21.3. The van der Waals surface area contributed by atoms with E-state index in [0.717, 1.165) is 68.1 Å². The molecule has 2 heterocycles. The normalized spacial score (nSPS) is 14.7. The summed E-state index contributed by atoms with van der Waals surface area (Å²) in [5, 5.41) is 0. The van der Waals surface area contributed by atoms with Crippen LogP contribution in [0.3, 0.4) is 0 Å². The largest absolute Gasteiger partial charge is 0.494 e. The van der Waals surface area contributed by atoms with Crippen molar-refractivity contribution in [1.82, 2.24) is 4.57 Å². The van der Waals surface area contributed by atoms with Crippen molar-refractivity contribution in [1.29, 1.82) is 0 Å². The summed E-state index contributed by atoms with van der Waals surface area (Å²) in [6, 6.07) is 10.2. The van der Waals surface area contributed by atoms with Gasteiger partial charge in [0.1, 0.15) is 17.2 Å². The van der Waals surface area contributed by atoms with Crippen molar-refractivity contribution in [2.75, 3.05) is 24.6 Å². The van der Waals surface area contributed by atoms with Crippen LogP contribution in [-0.2, 0) is 4.74 Å². The van der Waals surface area contributed by atoms with Gasteiger partial charge in [0.2, 0.25) is 0 Å². The number of carbonyl (C=O) groups is 1. The van der Waals surface area contributed by atoms with Gasteiger partial charge in [0.15, 0.2) is 0 Å². The highest BCUT2D eigenvalue weighted by Gasteiger charge is 2.24. The summed E-state index contributed by atoms with van der Waals surface area (Å²) in [4.78, 5) is 15.2. The van der Waals surface area contributed by atoms with Crippen LogP contribution in [0.5, 0.6) is 5.75 Å². The Morgan fingerprint density at radius 3 is 2.34 bits per heavy atom. The summed E-state index contributed by atoms with van der Waals surface area (Å²) in [6.45, 7) is 10.5. The van der Waals surface area contributed by atoms with E-state index in [-0.39, 0.29) is 6.09 Å². The first-order valence-electron chi connectivity index (χ1n) is 10.8. The first-order chi connectivity index (χ1) is 13.9. The Bertz CT molecular complexity index is 797. The van der Waals surface area contributed by atoms with Gasteiger partial charge in [-0.1, -0.05) is 25.5 Å². The topological polar surface area (TPSA) is 43.7 Å². The smallest absolute Gasteiger partial charge is 0.420 e. The number of nitrogens with zero attached hydrogens (tertiary/aromatic N) is 2. The molecule has 1 aromatic heterocycles. The molecule has 0 radical (unpaired) electrons. The van der Waals surface area contributed by atoms with Crippen LogP contribution in [0.1, 0.15) is 59.8 Å². The SMILES string of the molecule is CCCCOc1ccc(-c2cc(N3CCCCC3)n(C(=O)OC(C)(C)C)c2)cc1. The highest BCUT2D eigenvalue weighted by atomic mass is 16.6. The second kappa shape index (κ2) is 9.38. The standard InChI is InChI=1S/C24H34N2O3/c1-5-6-16-28-21-12-10-19(11-13-21)20-17-22(25-14-8-7-9-15-25)26(18-20)23(27)29-24(2,3)4/h10-13,17-18H,5-9,14-16H2,1-4H3. The number of carbonyl (C=O) groups excluding carboxylic acids is 1. The molecule has 3 rings (SSSR count). The molecule has 1 fully saturated rings. The van der Waals surface area contributed by atoms with E-state index in [4.69, 9.17) is 9.47 Å². The molecule has 1 aliphatic rings. The number of hydrogen-bond donors (Lipinski definition) is 0. The summed E-state index contributed by atoms with van der Waals surface area (Å²) in [6.07, 6.45) is 7.29. The predicted molar refractivity (Wildman–Crippen MR) is 118 cm³/mol. The van der Waals surface area contributed by atoms with Gasteiger partial charge in [0.25, 0.3) is 0 Å². The van der Waals surface area contributed by atoms with Gasteiger partial charge in [-0.15, -0.1) is 0 Å². The van der Waals surface area contributed by atoms with E-state index < -0.39 is 5.60 Å². The van der Waals surface area contributed by atoms with Crippen molar-refractivity contribution in [3.8, 4) is 16.9 Å². The van der Waals surface area contributed by atoms with E-state index in [1.54, 1.807) is 4.57 Å². The van der Waals surface area contributed by atoms with Crippen molar-refractivity contribution in [2.45, 2.75) is 65.4 Å². The van der Waals surface area contributed by atoms with Gasteiger partial charge in [0.05, 0.1) is 6.61 Å². The molecule has 0 atom stereocenters. The number of benzene rings is 1. The molecule has 158 valence electrons. The van der Waals surface area contributed by atoms with Crippen molar-refractivity contribution >= 4 is 11.9 Å². The van der Waals surface area contributed by atoms with Crippen molar-refractivity contribution in [3.05, 3.63) is 36.5 Å². The second-order valence-electron chi connectivity index (χ2n) is 8.71. The molecule has 1 aromatic carbocycles. The number of piperidine rings is 1. The van der Waals surface area contributed by atoms with Gasteiger partial charge in [-0.3, -0.25) is 0 Å². The minimum absolute atomic E-state index is 0.330. The fourth-order valence-corrected chi connectivity index (χ4v) is 3.51. The molecule has 1 saturated heterocycles. The summed E-state index contributed by atoms with van der Waals surface area (Å²) in [5.74, 6) is 1.79. The van der Waals surface area contributed by atoms with Crippen LogP contribution < -0.4 is 9.64 Å². The Balaban J connectivity index is 1.86. The predicted octanol–water partition coefficient (Wildman–Crippen LogP) is 6.11. The van der Waals surface area contributed by atoms with E-state index in [1.807, 2.05) is 39.1 Å². The monoisotopic (exact) mass is 398 g/mol. The van der Waals surface area contributed by atoms with E-state index in [1.165, 1.54) is 6.42 Å². The number of rotatable bonds is 6. The molecule has 5 heteroatoms. The van der Waals surface area contributed by atoms with Crippen LogP contribution in [0.4, 0.5) is 10.6 Å². The minimum atomic E-state index is -0.530. The van der Waals surface area contributed by atoms with E-state index >= 15 is 0 Å². The van der Waals surface area contributed by atoms with E-state index in [2.05, 4.69) is 30.0 Å². The van der Waals surface area contributed by atoms with Crippen LogP contribution in [-0.4, -0.2) is 36.0 Å². The number of anilines is 1. The van der Waals surface area contributed by atoms with Gasteiger partial charge in [-0.2, -0.15) is 0 Å². The summed E-state index contributed by atoms with van der Waals surface area (Å²) >= 11 is 0. The molecule has 2 aromatic rings. The molecule has 1 aliphatic heterocycles. The molecule has 0 aliphatic carbocycles. The molecule has 5 nitrogen and oxygen atoms in total. The molecular weight excluding hydrogens is 364 g/mol. The van der Waals surface area contributed by atoms with Crippen molar-refractivity contribution in [3.63, 3.8) is 0 Å². The van der Waals surface area contributed by atoms with Crippen LogP contribution in [0, 0.1) is 0 Å². The summed E-state index contributed by atoms with van der Waals surface area (Å²) in [7, 11) is 0. The average Bonchev–Trinajstić information content (AvgIpc) is 3.14. The van der Waals surface area contributed by atoms with Crippen LogP contribution in [0.2, 0.25) is 0 Å². The third kappa shape index (κ3) is 5.78. The summed E-state index contributed by atoms with van der Waals surface area (Å²) in [5.41, 5.74) is 1.54. The quantitative estimate of drug-likeness (QED) is 0.551. The lowest BCUT2D eigenvalue weighted by Gasteiger charge is -2.29. The number of ether oxygens (including phenoxy) is 2. The van der Waals surface area contributed by atoms with Crippen LogP contribution in [0.15, 0.2) is 36.5 Å². The average molecular weight is 399 g/mol. The fourth-order valence-electron chi connectivity index (χ4n) is 3.51. The Morgan fingerprint density at radius 2 is 1.72 bits per heavy atom. The molecule has 0 bridgehead atoms. The lowest BCUT2D eigenvalue weighted by molar-refractivity contribution is 0.0539. The van der Waals surface area contributed by atoms with Crippen LogP contribution >= 0.6 is 0 Å². The van der Waals surface area contributed by atoms with E-state index in [9.17, 15) is 4.79 Å². The zero-order valence-corrected chi connectivity index (χ0v) is 18.2. The molecule has 0 saturated carbocycles. The molecule has 29 heavy (non-hydrogen) atoms. The zero-order valence-electron chi connectivity index (χ0n) is 18.2. The maximum Gasteiger partial charge on any atom is 0.420 e. The second-order valence-corrected chi connectivity index (χ2v) is 8.71. The van der Waals surface area contributed by atoms with E-state index in [0.29, 0.717) is 0 Å². The Kier molecular flexibility index (Phi) is 6.88. The Hall–Kier alpha value is -2.43. The zero-order chi connectivity index (χ0) is 20.9. The third-order valence-electron chi connectivity index (χ3n) is 5.02. The van der Waals surface area contributed by atoms with Crippen molar-refractivity contribution in [2.24, 2.45) is 0 Å². The van der Waals surface area contributed by atoms with Gasteiger partial charge in [-0.25, -0.2) is 9.36 Å². The van der Waals surface area contributed by atoms with Gasteiger partial charge < -0.3 is 14.4 Å². The molecular formula is C24H34N2O3. The van der Waals surface area contributed by atoms with Crippen LogP contribution in [0.25, 0.3) is 11.1 Å². The molecule has 0 N–H and O–H groups in total. The first-order valence-corrected chi connectivity index (χ1v) is 10.8. The maximum absolute atomic E-state index is 12.9. The lowest BCUT2D eigenvalue weighted by atomic mass is 10.1. The molecule has 0 amide bonds. The van der Waals surface area contributed by atoms with Gasteiger partial charge >= 0.3 is 6.09 Å². The number of aromatic nitrogens is 1. The molecule has 0 spiro atoms. The fraction of sp³-hybridized carbons (Fsp3) is 0.542. The number of hydrogen-bond acceptors (Lipinski definition) is 4. The number of unbranched alkanes of at least 4 members (excludes halogenated alkanes) is 1.